The lowest BCUT2D eigenvalue weighted by molar-refractivity contribution is -0.0645. The summed E-state index contributed by atoms with van der Waals surface area (Å²) in [4.78, 5) is 10.7. The summed E-state index contributed by atoms with van der Waals surface area (Å²) in [7, 11) is 1.53. The molecular weight excluding hydrogens is 174 g/mol. The van der Waals surface area contributed by atoms with Crippen LogP contribution >= 0.6 is 0 Å². The number of hydrogen-bond donors (Lipinski definition) is 1. The Morgan fingerprint density at radius 3 is 3.15 bits per heavy atom. The second-order valence-electron chi connectivity index (χ2n) is 2.62. The summed E-state index contributed by atoms with van der Waals surface area (Å²) >= 11 is 0. The highest BCUT2D eigenvalue weighted by atomic mass is 16.7. The van der Waals surface area contributed by atoms with E-state index in [4.69, 9.17) is 14.2 Å². The van der Waals surface area contributed by atoms with Gasteiger partial charge in [0.25, 0.3) is 0 Å². The van der Waals surface area contributed by atoms with Crippen LogP contribution in [-0.4, -0.2) is 38.7 Å². The van der Waals surface area contributed by atoms with Crippen LogP contribution in [0.4, 0.5) is 4.79 Å². The zero-order valence-corrected chi connectivity index (χ0v) is 7.49. The molecule has 1 heterocycles. The van der Waals surface area contributed by atoms with E-state index in [1.54, 1.807) is 6.08 Å². The van der Waals surface area contributed by atoms with Gasteiger partial charge in [-0.05, 0) is 0 Å². The molecule has 1 amide bonds. The smallest absolute Gasteiger partial charge is 0.407 e. The minimum Gasteiger partial charge on any atom is -0.447 e. The van der Waals surface area contributed by atoms with E-state index in [1.165, 1.54) is 7.11 Å². The summed E-state index contributed by atoms with van der Waals surface area (Å²) < 4.78 is 14.7. The second kappa shape index (κ2) is 4.84. The predicted octanol–water partition coefficient (Wildman–Crippen LogP) is 0.270. The maximum Gasteiger partial charge on any atom is 0.407 e. The van der Waals surface area contributed by atoms with Crippen molar-refractivity contribution in [3.8, 4) is 0 Å². The summed E-state index contributed by atoms with van der Waals surface area (Å²) in [6.07, 6.45) is 0.919. The van der Waals surface area contributed by atoms with Crippen LogP contribution in [0, 0.1) is 0 Å². The zero-order valence-electron chi connectivity index (χ0n) is 7.49. The molecule has 0 unspecified atom stereocenters. The van der Waals surface area contributed by atoms with E-state index >= 15 is 0 Å². The van der Waals surface area contributed by atoms with Gasteiger partial charge in [-0.25, -0.2) is 4.79 Å². The molecule has 1 saturated heterocycles. The molecule has 2 atom stereocenters. The molecule has 0 aliphatic carbocycles. The minimum atomic E-state index is -0.419. The van der Waals surface area contributed by atoms with E-state index in [0.717, 1.165) is 0 Å². The first-order chi connectivity index (χ1) is 6.27. The Kier molecular flexibility index (Phi) is 3.72. The van der Waals surface area contributed by atoms with Gasteiger partial charge in [-0.3, -0.25) is 0 Å². The highest BCUT2D eigenvalue weighted by Crippen LogP contribution is 2.07. The van der Waals surface area contributed by atoms with Crippen LogP contribution in [0.3, 0.4) is 0 Å². The molecular formula is C8H13NO4. The lowest BCUT2D eigenvalue weighted by Crippen LogP contribution is -2.38. The van der Waals surface area contributed by atoms with Crippen molar-refractivity contribution in [2.24, 2.45) is 0 Å². The van der Waals surface area contributed by atoms with E-state index in [1.807, 2.05) is 0 Å². The summed E-state index contributed by atoms with van der Waals surface area (Å²) in [6.45, 7) is 4.07. The molecule has 1 aliphatic heterocycles. The van der Waals surface area contributed by atoms with Crippen molar-refractivity contribution in [2.75, 3.05) is 20.5 Å². The molecule has 0 aromatic carbocycles. The summed E-state index contributed by atoms with van der Waals surface area (Å²) in [5.41, 5.74) is 0. The van der Waals surface area contributed by atoms with Crippen LogP contribution in [0.2, 0.25) is 0 Å². The van der Waals surface area contributed by atoms with E-state index < -0.39 is 6.09 Å². The third-order valence-corrected chi connectivity index (χ3v) is 1.70. The van der Waals surface area contributed by atoms with Crippen molar-refractivity contribution in [3.63, 3.8) is 0 Å². The van der Waals surface area contributed by atoms with Crippen molar-refractivity contribution in [3.05, 3.63) is 12.7 Å². The average Bonchev–Trinajstić information content (AvgIpc) is 2.54. The van der Waals surface area contributed by atoms with Gasteiger partial charge in [0, 0.05) is 7.11 Å². The third-order valence-electron chi connectivity index (χ3n) is 1.70. The van der Waals surface area contributed by atoms with Gasteiger partial charge in [0.2, 0.25) is 0 Å². The van der Waals surface area contributed by atoms with Gasteiger partial charge in [-0.15, -0.1) is 6.58 Å². The molecule has 1 rings (SSSR count). The van der Waals surface area contributed by atoms with Gasteiger partial charge in [-0.2, -0.15) is 0 Å². The van der Waals surface area contributed by atoms with Crippen molar-refractivity contribution >= 4 is 6.09 Å². The molecule has 0 aromatic rings. The first-order valence-corrected chi connectivity index (χ1v) is 3.94. The molecule has 0 aromatic heterocycles. The van der Waals surface area contributed by atoms with Crippen LogP contribution in [0.5, 0.6) is 0 Å². The summed E-state index contributed by atoms with van der Waals surface area (Å²) in [5.74, 6) is 0. The molecule has 5 nitrogen and oxygen atoms in total. The molecule has 13 heavy (non-hydrogen) atoms. The topological polar surface area (TPSA) is 56.8 Å². The van der Waals surface area contributed by atoms with E-state index in [0.29, 0.717) is 6.61 Å². The maximum atomic E-state index is 10.7. The van der Waals surface area contributed by atoms with Crippen molar-refractivity contribution < 1.29 is 19.0 Å². The Morgan fingerprint density at radius 1 is 1.92 bits per heavy atom. The molecule has 0 radical (unpaired) electrons. The molecule has 1 fully saturated rings. The molecule has 5 heteroatoms. The molecule has 0 spiro atoms. The molecule has 0 saturated carbocycles. The quantitative estimate of drug-likeness (QED) is 0.496. The summed E-state index contributed by atoms with van der Waals surface area (Å²) in [6, 6.07) is -0.167. The first kappa shape index (κ1) is 10.0. The monoisotopic (exact) mass is 187 g/mol. The highest BCUT2D eigenvalue weighted by Gasteiger charge is 2.28. The Bertz CT molecular complexity index is 195. The average molecular weight is 187 g/mol. The number of methoxy groups -OCH3 is 1. The van der Waals surface area contributed by atoms with E-state index in [9.17, 15) is 4.79 Å². The standard InChI is InChI=1S/C8H13NO4/c1-3-7(13-5-11-2)6-4-12-8(10)9-6/h3,6-7H,1,4-5H2,2H3,(H,9,10)/t6-,7+/m1/s1. The summed E-state index contributed by atoms with van der Waals surface area (Å²) in [5, 5.41) is 2.60. The van der Waals surface area contributed by atoms with Crippen LogP contribution in [0.15, 0.2) is 12.7 Å². The third kappa shape index (κ3) is 2.71. The van der Waals surface area contributed by atoms with Gasteiger partial charge in [0.05, 0.1) is 6.04 Å². The largest absolute Gasteiger partial charge is 0.447 e. The van der Waals surface area contributed by atoms with Crippen molar-refractivity contribution in [1.82, 2.24) is 5.32 Å². The second-order valence-corrected chi connectivity index (χ2v) is 2.62. The number of rotatable bonds is 5. The van der Waals surface area contributed by atoms with E-state index in [2.05, 4.69) is 11.9 Å². The van der Waals surface area contributed by atoms with Crippen LogP contribution in [0.25, 0.3) is 0 Å². The fraction of sp³-hybridized carbons (Fsp3) is 0.625. The van der Waals surface area contributed by atoms with Gasteiger partial charge in [-0.1, -0.05) is 6.08 Å². The number of nitrogens with one attached hydrogen (secondary N) is 1. The van der Waals surface area contributed by atoms with Crippen LogP contribution in [-0.2, 0) is 14.2 Å². The van der Waals surface area contributed by atoms with Gasteiger partial charge < -0.3 is 19.5 Å². The number of cyclic esters (lactones) is 1. The normalized spacial score (nSPS) is 23.5. The molecule has 74 valence electrons. The fourth-order valence-electron chi connectivity index (χ4n) is 1.07. The van der Waals surface area contributed by atoms with Gasteiger partial charge in [0.15, 0.2) is 0 Å². The number of ether oxygens (including phenoxy) is 3. The highest BCUT2D eigenvalue weighted by molar-refractivity contribution is 5.69. The maximum absolute atomic E-state index is 10.7. The number of amides is 1. The minimum absolute atomic E-state index is 0.167. The van der Waals surface area contributed by atoms with Crippen molar-refractivity contribution in [1.29, 1.82) is 0 Å². The first-order valence-electron chi connectivity index (χ1n) is 3.94. The lowest BCUT2D eigenvalue weighted by atomic mass is 10.2. The van der Waals surface area contributed by atoms with Gasteiger partial charge in [0.1, 0.15) is 19.5 Å². The Hall–Kier alpha value is -1.07. The number of carbonyl (C=O) groups excluding carboxylic acids is 1. The number of hydrogen-bond acceptors (Lipinski definition) is 4. The molecule has 1 N–H and O–H groups in total. The molecule has 0 bridgehead atoms. The predicted molar refractivity (Wildman–Crippen MR) is 45.2 cm³/mol. The Morgan fingerprint density at radius 2 is 2.69 bits per heavy atom. The lowest BCUT2D eigenvalue weighted by Gasteiger charge is -2.17. The van der Waals surface area contributed by atoms with Gasteiger partial charge >= 0.3 is 6.09 Å². The Labute approximate surface area is 76.7 Å². The van der Waals surface area contributed by atoms with E-state index in [-0.39, 0.29) is 18.9 Å². The number of carbonyl (C=O) groups is 1. The van der Waals surface area contributed by atoms with Crippen LogP contribution < -0.4 is 5.32 Å². The van der Waals surface area contributed by atoms with Crippen LogP contribution in [0.1, 0.15) is 0 Å². The zero-order chi connectivity index (χ0) is 9.68. The fourth-order valence-corrected chi connectivity index (χ4v) is 1.07. The van der Waals surface area contributed by atoms with Crippen molar-refractivity contribution in [2.45, 2.75) is 12.1 Å². The SMILES string of the molecule is C=C[C@H](OCOC)[C@H]1COC(=O)N1. The molecule has 1 aliphatic rings. The Balaban J connectivity index is 2.37. The number of alkyl carbamates (subject to hydrolysis) is 1.